The van der Waals surface area contributed by atoms with Gasteiger partial charge in [0.25, 0.3) is 0 Å². The van der Waals surface area contributed by atoms with Crippen LogP contribution in [0.4, 0.5) is 5.69 Å². The van der Waals surface area contributed by atoms with Gasteiger partial charge in [-0.1, -0.05) is 13.3 Å². The highest BCUT2D eigenvalue weighted by Crippen LogP contribution is 2.39. The van der Waals surface area contributed by atoms with Crippen LogP contribution in [0.5, 0.6) is 17.2 Å². The van der Waals surface area contributed by atoms with E-state index in [2.05, 4.69) is 17.2 Å². The quantitative estimate of drug-likeness (QED) is 0.379. The van der Waals surface area contributed by atoms with E-state index in [1.54, 1.807) is 24.4 Å². The molecule has 1 aromatic heterocycles. The highest BCUT2D eigenvalue weighted by atomic mass is 16.5. The van der Waals surface area contributed by atoms with Crippen LogP contribution in [0.1, 0.15) is 35.7 Å². The van der Waals surface area contributed by atoms with Crippen molar-refractivity contribution >= 4 is 11.5 Å². The van der Waals surface area contributed by atoms with Crippen molar-refractivity contribution in [3.63, 3.8) is 0 Å². The van der Waals surface area contributed by atoms with Crippen molar-refractivity contribution in [2.45, 2.75) is 19.8 Å². The van der Waals surface area contributed by atoms with Crippen LogP contribution in [-0.4, -0.2) is 38.6 Å². The number of anilines is 1. The van der Waals surface area contributed by atoms with Crippen LogP contribution in [0.2, 0.25) is 0 Å². The van der Waals surface area contributed by atoms with Crippen molar-refractivity contribution in [3.8, 4) is 28.7 Å². The Kier molecular flexibility index (Phi) is 6.95. The van der Waals surface area contributed by atoms with E-state index in [4.69, 9.17) is 18.6 Å². The highest BCUT2D eigenvalue weighted by molar-refractivity contribution is 6.13. The number of benzene rings is 2. The number of hydrogen-bond acceptors (Lipinski definition) is 7. The zero-order valence-corrected chi connectivity index (χ0v) is 17.7. The fraction of sp³-hybridized carbons (Fsp3) is 0.304. The van der Waals surface area contributed by atoms with Crippen LogP contribution >= 0.6 is 0 Å². The first-order valence-electron chi connectivity index (χ1n) is 9.75. The molecule has 0 atom stereocenters. The van der Waals surface area contributed by atoms with Gasteiger partial charge < -0.3 is 23.9 Å². The van der Waals surface area contributed by atoms with E-state index in [9.17, 15) is 4.79 Å². The number of ether oxygens (including phenoxy) is 3. The molecule has 0 aliphatic heterocycles. The van der Waals surface area contributed by atoms with E-state index >= 15 is 0 Å². The van der Waals surface area contributed by atoms with Crippen LogP contribution < -0.4 is 19.5 Å². The first-order chi connectivity index (χ1) is 14.6. The number of rotatable bonds is 10. The zero-order valence-electron chi connectivity index (χ0n) is 17.7. The van der Waals surface area contributed by atoms with Gasteiger partial charge >= 0.3 is 0 Å². The predicted octanol–water partition coefficient (Wildman–Crippen LogP) is 4.81. The third kappa shape index (κ3) is 4.40. The minimum absolute atomic E-state index is 0.179. The van der Waals surface area contributed by atoms with E-state index in [1.807, 2.05) is 12.1 Å². The van der Waals surface area contributed by atoms with Gasteiger partial charge in [0.2, 0.25) is 11.6 Å². The molecule has 0 aliphatic carbocycles. The first-order valence-corrected chi connectivity index (χ1v) is 9.75. The summed E-state index contributed by atoms with van der Waals surface area (Å²) < 4.78 is 21.6. The van der Waals surface area contributed by atoms with Gasteiger partial charge in [0.05, 0.1) is 27.5 Å². The molecule has 0 unspecified atom stereocenters. The molecule has 158 valence electrons. The fourth-order valence-electron chi connectivity index (χ4n) is 3.15. The average molecular weight is 410 g/mol. The van der Waals surface area contributed by atoms with Crippen LogP contribution in [0.25, 0.3) is 11.5 Å². The van der Waals surface area contributed by atoms with Crippen LogP contribution in [0.3, 0.4) is 0 Å². The van der Waals surface area contributed by atoms with Gasteiger partial charge in [-0.3, -0.25) is 4.79 Å². The third-order valence-electron chi connectivity index (χ3n) is 4.72. The lowest BCUT2D eigenvalue weighted by atomic mass is 9.98. The summed E-state index contributed by atoms with van der Waals surface area (Å²) in [6, 6.07) is 8.84. The van der Waals surface area contributed by atoms with Crippen molar-refractivity contribution in [1.82, 2.24) is 4.98 Å². The Morgan fingerprint density at radius 1 is 1.07 bits per heavy atom. The van der Waals surface area contributed by atoms with E-state index in [0.717, 1.165) is 30.6 Å². The molecule has 0 radical (unpaired) electrons. The number of nitrogens with zero attached hydrogens (tertiary/aromatic N) is 1. The van der Waals surface area contributed by atoms with Gasteiger partial charge in [0, 0.05) is 28.9 Å². The van der Waals surface area contributed by atoms with Crippen molar-refractivity contribution < 1.29 is 23.4 Å². The number of methoxy groups -OCH3 is 3. The van der Waals surface area contributed by atoms with Crippen LogP contribution in [-0.2, 0) is 0 Å². The topological polar surface area (TPSA) is 82.8 Å². The Morgan fingerprint density at radius 3 is 2.37 bits per heavy atom. The Morgan fingerprint density at radius 2 is 1.80 bits per heavy atom. The van der Waals surface area contributed by atoms with Gasteiger partial charge in [-0.15, -0.1) is 0 Å². The van der Waals surface area contributed by atoms with Crippen molar-refractivity contribution in [2.24, 2.45) is 0 Å². The Bertz CT molecular complexity index is 974. The molecule has 0 amide bonds. The van der Waals surface area contributed by atoms with Gasteiger partial charge in [-0.2, -0.15) is 0 Å². The molecule has 0 aliphatic rings. The maximum atomic E-state index is 13.5. The molecule has 0 spiro atoms. The van der Waals surface area contributed by atoms with Gasteiger partial charge in [0.1, 0.15) is 6.26 Å². The molecule has 1 heterocycles. The van der Waals surface area contributed by atoms with Gasteiger partial charge in [-0.05, 0) is 36.8 Å². The molecule has 30 heavy (non-hydrogen) atoms. The van der Waals surface area contributed by atoms with Gasteiger partial charge in [0.15, 0.2) is 17.3 Å². The number of hydrogen-bond donors (Lipinski definition) is 1. The van der Waals surface area contributed by atoms with E-state index in [1.165, 1.54) is 27.6 Å². The molecule has 2 aromatic carbocycles. The largest absolute Gasteiger partial charge is 0.493 e. The number of carbonyl (C=O) groups excluding carboxylic acids is 1. The molecule has 0 fully saturated rings. The molecular formula is C23H26N2O5. The van der Waals surface area contributed by atoms with E-state index in [-0.39, 0.29) is 5.78 Å². The highest BCUT2D eigenvalue weighted by Gasteiger charge is 2.21. The molecule has 7 nitrogen and oxygen atoms in total. The lowest BCUT2D eigenvalue weighted by molar-refractivity contribution is 0.103. The molecule has 0 saturated carbocycles. The van der Waals surface area contributed by atoms with E-state index in [0.29, 0.717) is 34.3 Å². The second kappa shape index (κ2) is 9.82. The molecule has 7 heteroatoms. The van der Waals surface area contributed by atoms with Crippen LogP contribution in [0.15, 0.2) is 47.2 Å². The minimum Gasteiger partial charge on any atom is -0.493 e. The molecule has 1 N–H and O–H groups in total. The summed E-state index contributed by atoms with van der Waals surface area (Å²) in [6.45, 7) is 2.89. The summed E-state index contributed by atoms with van der Waals surface area (Å²) in [4.78, 5) is 17.7. The lowest BCUT2D eigenvalue weighted by Crippen LogP contribution is -2.10. The smallest absolute Gasteiger partial charge is 0.225 e. The normalized spacial score (nSPS) is 10.5. The van der Waals surface area contributed by atoms with Gasteiger partial charge in [-0.25, -0.2) is 4.98 Å². The fourth-order valence-corrected chi connectivity index (χ4v) is 3.15. The summed E-state index contributed by atoms with van der Waals surface area (Å²) in [7, 11) is 4.57. The van der Waals surface area contributed by atoms with Crippen molar-refractivity contribution in [1.29, 1.82) is 0 Å². The predicted molar refractivity (Wildman–Crippen MR) is 115 cm³/mol. The first kappa shape index (κ1) is 21.2. The second-order valence-electron chi connectivity index (χ2n) is 6.62. The van der Waals surface area contributed by atoms with Crippen molar-refractivity contribution in [2.75, 3.05) is 33.2 Å². The minimum atomic E-state index is -0.179. The Labute approximate surface area is 176 Å². The Hall–Kier alpha value is -3.48. The van der Waals surface area contributed by atoms with Crippen LogP contribution in [0, 0.1) is 0 Å². The SMILES string of the molecule is CCCCNc1ccc(-c2ncco2)cc1C(=O)c1cc(OC)c(OC)c(OC)c1. The van der Waals surface area contributed by atoms with Crippen molar-refractivity contribution in [3.05, 3.63) is 53.9 Å². The summed E-state index contributed by atoms with van der Waals surface area (Å²) >= 11 is 0. The standard InChI is InChI=1S/C23H26N2O5/c1-5-6-9-24-18-8-7-15(23-25-10-11-30-23)12-17(18)21(26)16-13-19(27-2)22(29-4)20(14-16)28-3/h7-8,10-14,24H,5-6,9H2,1-4H3. The number of nitrogens with one attached hydrogen (secondary N) is 1. The summed E-state index contributed by atoms with van der Waals surface area (Å²) in [5.41, 5.74) is 2.40. The number of unbranched alkanes of at least 4 members (excludes halogenated alkanes) is 1. The molecular weight excluding hydrogens is 384 g/mol. The summed E-state index contributed by atoms with van der Waals surface area (Å²) in [6.07, 6.45) is 5.13. The lowest BCUT2D eigenvalue weighted by Gasteiger charge is -2.16. The number of carbonyl (C=O) groups is 1. The third-order valence-corrected chi connectivity index (χ3v) is 4.72. The summed E-state index contributed by atoms with van der Waals surface area (Å²) in [5, 5.41) is 3.36. The Balaban J connectivity index is 2.07. The zero-order chi connectivity index (χ0) is 21.5. The molecule has 0 saturated heterocycles. The summed E-state index contributed by atoms with van der Waals surface area (Å²) in [5.74, 6) is 1.55. The number of aromatic nitrogens is 1. The molecule has 0 bridgehead atoms. The number of ketones is 1. The second-order valence-corrected chi connectivity index (χ2v) is 6.62. The average Bonchev–Trinajstić information content (AvgIpc) is 3.32. The molecule has 3 rings (SSSR count). The maximum Gasteiger partial charge on any atom is 0.225 e. The molecule has 3 aromatic rings. The number of oxazole rings is 1. The van der Waals surface area contributed by atoms with E-state index < -0.39 is 0 Å². The monoisotopic (exact) mass is 410 g/mol. The maximum absolute atomic E-state index is 13.5.